The van der Waals surface area contributed by atoms with Crippen LogP contribution in [0.4, 0.5) is 10.1 Å². The van der Waals surface area contributed by atoms with Crippen molar-refractivity contribution < 1.29 is 4.39 Å². The van der Waals surface area contributed by atoms with Crippen molar-refractivity contribution in [1.29, 1.82) is 0 Å². The predicted molar refractivity (Wildman–Crippen MR) is 79.9 cm³/mol. The van der Waals surface area contributed by atoms with E-state index < -0.39 is 0 Å². The Morgan fingerprint density at radius 1 is 1.15 bits per heavy atom. The third-order valence-corrected chi connectivity index (χ3v) is 4.04. The van der Waals surface area contributed by atoms with Gasteiger partial charge in [-0.1, -0.05) is 30.3 Å². The van der Waals surface area contributed by atoms with Crippen molar-refractivity contribution in [2.45, 2.75) is 18.9 Å². The van der Waals surface area contributed by atoms with Crippen molar-refractivity contribution in [1.82, 2.24) is 4.90 Å². The van der Waals surface area contributed by atoms with Crippen LogP contribution in [0, 0.1) is 5.82 Å². The summed E-state index contributed by atoms with van der Waals surface area (Å²) in [6.07, 6.45) is 1.15. The zero-order valence-electron chi connectivity index (χ0n) is 11.4. The Kier molecular flexibility index (Phi) is 3.70. The molecule has 0 spiro atoms. The van der Waals surface area contributed by atoms with Crippen LogP contribution in [0.5, 0.6) is 0 Å². The van der Waals surface area contributed by atoms with Gasteiger partial charge < -0.3 is 5.73 Å². The summed E-state index contributed by atoms with van der Waals surface area (Å²) in [5.74, 6) is 0.360. The van der Waals surface area contributed by atoms with Crippen molar-refractivity contribution in [2.75, 3.05) is 18.8 Å². The Bertz CT molecular complexity index is 583. The van der Waals surface area contributed by atoms with Crippen LogP contribution in [0.3, 0.4) is 0 Å². The van der Waals surface area contributed by atoms with Gasteiger partial charge in [0.1, 0.15) is 5.82 Å². The highest BCUT2D eigenvalue weighted by Crippen LogP contribution is 2.28. The summed E-state index contributed by atoms with van der Waals surface area (Å²) in [4.78, 5) is 2.35. The molecule has 2 nitrogen and oxygen atoms in total. The van der Waals surface area contributed by atoms with Gasteiger partial charge in [0, 0.05) is 18.8 Å². The van der Waals surface area contributed by atoms with Crippen LogP contribution >= 0.6 is 0 Å². The molecule has 2 aromatic carbocycles. The van der Waals surface area contributed by atoms with Crippen LogP contribution in [0.25, 0.3) is 0 Å². The van der Waals surface area contributed by atoms with E-state index >= 15 is 0 Å². The topological polar surface area (TPSA) is 29.3 Å². The smallest absolute Gasteiger partial charge is 0.123 e. The standard InChI is InChI=1S/C17H19FN2/c18-16-6-7-17(19)15(10-16)12-20-9-8-14(11-20)13-4-2-1-3-5-13/h1-7,10,14H,8-9,11-12,19H2. The molecule has 1 heterocycles. The number of nitrogen functional groups attached to an aromatic ring is 1. The quantitative estimate of drug-likeness (QED) is 0.866. The summed E-state index contributed by atoms with van der Waals surface area (Å²) < 4.78 is 13.3. The molecule has 1 atom stereocenters. The fraction of sp³-hybridized carbons (Fsp3) is 0.294. The fourth-order valence-electron chi connectivity index (χ4n) is 2.93. The zero-order chi connectivity index (χ0) is 13.9. The Morgan fingerprint density at radius 3 is 2.75 bits per heavy atom. The zero-order valence-corrected chi connectivity index (χ0v) is 11.4. The Balaban J connectivity index is 1.67. The molecule has 0 radical (unpaired) electrons. The second-order valence-electron chi connectivity index (χ2n) is 5.47. The fourth-order valence-corrected chi connectivity index (χ4v) is 2.93. The summed E-state index contributed by atoms with van der Waals surface area (Å²) in [7, 11) is 0. The van der Waals surface area contributed by atoms with E-state index in [4.69, 9.17) is 5.73 Å². The molecule has 3 heteroatoms. The molecule has 20 heavy (non-hydrogen) atoms. The van der Waals surface area contributed by atoms with Gasteiger partial charge in [-0.15, -0.1) is 0 Å². The largest absolute Gasteiger partial charge is 0.398 e. The maximum absolute atomic E-state index is 13.3. The van der Waals surface area contributed by atoms with Crippen molar-refractivity contribution in [3.63, 3.8) is 0 Å². The lowest BCUT2D eigenvalue weighted by Gasteiger charge is -2.17. The molecule has 1 fully saturated rings. The average molecular weight is 270 g/mol. The van der Waals surface area contributed by atoms with E-state index in [1.165, 1.54) is 11.6 Å². The molecule has 0 saturated carbocycles. The van der Waals surface area contributed by atoms with E-state index in [9.17, 15) is 4.39 Å². The first-order valence-electron chi connectivity index (χ1n) is 7.03. The van der Waals surface area contributed by atoms with Gasteiger partial charge in [-0.25, -0.2) is 4.39 Å². The van der Waals surface area contributed by atoms with Crippen molar-refractivity contribution >= 4 is 5.69 Å². The van der Waals surface area contributed by atoms with Crippen molar-refractivity contribution in [2.24, 2.45) is 0 Å². The second-order valence-corrected chi connectivity index (χ2v) is 5.47. The predicted octanol–water partition coefficient (Wildman–Crippen LogP) is 3.40. The second kappa shape index (κ2) is 5.63. The van der Waals surface area contributed by atoms with E-state index in [2.05, 4.69) is 29.2 Å². The van der Waals surface area contributed by atoms with Gasteiger partial charge in [-0.05, 0) is 48.2 Å². The molecule has 0 aromatic heterocycles. The lowest BCUT2D eigenvalue weighted by Crippen LogP contribution is -2.20. The summed E-state index contributed by atoms with van der Waals surface area (Å²) in [6.45, 7) is 2.78. The minimum atomic E-state index is -0.215. The van der Waals surface area contributed by atoms with E-state index in [-0.39, 0.29) is 5.82 Å². The average Bonchev–Trinajstić information content (AvgIpc) is 2.92. The number of anilines is 1. The number of nitrogens with two attached hydrogens (primary N) is 1. The minimum absolute atomic E-state index is 0.215. The van der Waals surface area contributed by atoms with Crippen LogP contribution in [0.2, 0.25) is 0 Å². The minimum Gasteiger partial charge on any atom is -0.398 e. The monoisotopic (exact) mass is 270 g/mol. The van der Waals surface area contributed by atoms with Crippen molar-refractivity contribution in [3.05, 3.63) is 65.5 Å². The molecule has 3 rings (SSSR count). The van der Waals surface area contributed by atoms with Gasteiger partial charge in [0.15, 0.2) is 0 Å². The molecular weight excluding hydrogens is 251 g/mol. The van der Waals surface area contributed by atoms with Gasteiger partial charge >= 0.3 is 0 Å². The van der Waals surface area contributed by atoms with Gasteiger partial charge in [0.05, 0.1) is 0 Å². The molecule has 104 valence electrons. The highest BCUT2D eigenvalue weighted by molar-refractivity contribution is 5.46. The van der Waals surface area contributed by atoms with Gasteiger partial charge in [0.25, 0.3) is 0 Å². The number of rotatable bonds is 3. The van der Waals surface area contributed by atoms with Crippen LogP contribution in [0.15, 0.2) is 48.5 Å². The Labute approximate surface area is 119 Å². The molecule has 2 N–H and O–H groups in total. The molecular formula is C17H19FN2. The Hall–Kier alpha value is -1.87. The first-order chi connectivity index (χ1) is 9.72. The lowest BCUT2D eigenvalue weighted by molar-refractivity contribution is 0.327. The maximum atomic E-state index is 13.3. The molecule has 0 bridgehead atoms. The van der Waals surface area contributed by atoms with Gasteiger partial charge in [-0.3, -0.25) is 4.90 Å². The van der Waals surface area contributed by atoms with Gasteiger partial charge in [-0.2, -0.15) is 0 Å². The molecule has 1 aliphatic rings. The summed E-state index contributed by atoms with van der Waals surface area (Å²) >= 11 is 0. The number of hydrogen-bond donors (Lipinski definition) is 1. The van der Waals surface area contributed by atoms with E-state index in [0.29, 0.717) is 11.6 Å². The summed E-state index contributed by atoms with van der Waals surface area (Å²) in [6, 6.07) is 15.2. The SMILES string of the molecule is Nc1ccc(F)cc1CN1CCC(c2ccccc2)C1. The molecule has 1 aliphatic heterocycles. The van der Waals surface area contributed by atoms with Crippen LogP contribution < -0.4 is 5.73 Å². The number of likely N-dealkylation sites (tertiary alicyclic amines) is 1. The lowest BCUT2D eigenvalue weighted by atomic mass is 9.99. The molecule has 2 aromatic rings. The van der Waals surface area contributed by atoms with Crippen LogP contribution in [-0.2, 0) is 6.54 Å². The molecule has 0 aliphatic carbocycles. The number of benzene rings is 2. The normalized spacial score (nSPS) is 19.4. The highest BCUT2D eigenvalue weighted by atomic mass is 19.1. The number of halogens is 1. The first-order valence-corrected chi connectivity index (χ1v) is 7.03. The number of hydrogen-bond acceptors (Lipinski definition) is 2. The molecule has 1 saturated heterocycles. The molecule has 1 unspecified atom stereocenters. The summed E-state index contributed by atoms with van der Waals surface area (Å²) in [5, 5.41) is 0. The van der Waals surface area contributed by atoms with Gasteiger partial charge in [0.2, 0.25) is 0 Å². The van der Waals surface area contributed by atoms with Crippen LogP contribution in [-0.4, -0.2) is 18.0 Å². The van der Waals surface area contributed by atoms with E-state index in [1.807, 2.05) is 6.07 Å². The van der Waals surface area contributed by atoms with Crippen LogP contribution in [0.1, 0.15) is 23.5 Å². The third kappa shape index (κ3) is 2.83. The molecule has 0 amide bonds. The van der Waals surface area contributed by atoms with E-state index in [1.54, 1.807) is 12.1 Å². The van der Waals surface area contributed by atoms with Crippen molar-refractivity contribution in [3.8, 4) is 0 Å². The highest BCUT2D eigenvalue weighted by Gasteiger charge is 2.24. The maximum Gasteiger partial charge on any atom is 0.123 e. The van der Waals surface area contributed by atoms with E-state index in [0.717, 1.165) is 31.6 Å². The first kappa shape index (κ1) is 13.1. The summed E-state index contributed by atoms with van der Waals surface area (Å²) in [5.41, 5.74) is 8.87. The Morgan fingerprint density at radius 2 is 1.95 bits per heavy atom. The number of nitrogens with zero attached hydrogens (tertiary/aromatic N) is 1. The third-order valence-electron chi connectivity index (χ3n) is 4.04.